The van der Waals surface area contributed by atoms with Crippen LogP contribution in [-0.2, 0) is 55.8 Å². The summed E-state index contributed by atoms with van der Waals surface area (Å²) in [5.41, 5.74) is 0. The van der Waals surface area contributed by atoms with Crippen molar-refractivity contribution in [1.29, 1.82) is 0 Å². The molecule has 0 aliphatic carbocycles. The fraction of sp³-hybridized carbons (Fsp3) is 0. The minimum atomic E-state index is -3.63. The zero-order valence-electron chi connectivity index (χ0n) is 3.81. The van der Waals surface area contributed by atoms with Crippen LogP contribution in [0.25, 0.3) is 0 Å². The molecule has 3 nitrogen and oxygen atoms in total. The van der Waals surface area contributed by atoms with Crippen LogP contribution in [0.4, 0.5) is 0 Å². The molecule has 0 saturated heterocycles. The molecule has 0 aliphatic rings. The molecule has 0 saturated carbocycles. The Morgan fingerprint density at radius 2 is 1.12 bits per heavy atom. The summed E-state index contributed by atoms with van der Waals surface area (Å²) in [6.45, 7) is 0. The summed E-state index contributed by atoms with van der Waals surface area (Å²) >= 11 is 0. The third-order valence-electron chi connectivity index (χ3n) is 0. The first-order chi connectivity index (χ1) is 1.73. The molecule has 1 radical (unpaired) electrons. The first-order valence-electron chi connectivity index (χ1n) is 0.612. The summed E-state index contributed by atoms with van der Waals surface area (Å²) in [5, 5.41) is 0. The van der Waals surface area contributed by atoms with Crippen molar-refractivity contribution in [2.75, 3.05) is 0 Å². The SMILES string of the molecule is O=[PH]([O-])[O-].[Fe].[Fe].[Li+].[Mn+2]. The van der Waals surface area contributed by atoms with E-state index < -0.39 is 8.25 Å². The molecular formula is HFe2LiMnO3P+. The van der Waals surface area contributed by atoms with Gasteiger partial charge in [-0.05, 0) is 0 Å². The van der Waals surface area contributed by atoms with Crippen molar-refractivity contribution in [1.82, 2.24) is 0 Å². The molecule has 0 unspecified atom stereocenters. The van der Waals surface area contributed by atoms with E-state index in [2.05, 4.69) is 0 Å². The van der Waals surface area contributed by atoms with Gasteiger partial charge in [0.2, 0.25) is 0 Å². The fourth-order valence-electron chi connectivity index (χ4n) is 0. The zero-order chi connectivity index (χ0) is 3.58. The van der Waals surface area contributed by atoms with E-state index in [9.17, 15) is 0 Å². The van der Waals surface area contributed by atoms with E-state index >= 15 is 0 Å². The van der Waals surface area contributed by atoms with Gasteiger partial charge < -0.3 is 14.4 Å². The maximum atomic E-state index is 8.52. The predicted molar refractivity (Wildman–Crippen MR) is 9.00 cm³/mol. The Bertz CT molecular complexity index is 40.3. The molecule has 0 aromatic rings. The first-order valence-corrected chi connectivity index (χ1v) is 1.84. The van der Waals surface area contributed by atoms with Gasteiger partial charge in [-0.15, -0.1) is 0 Å². The van der Waals surface area contributed by atoms with Crippen LogP contribution in [0.2, 0.25) is 0 Å². The Balaban J connectivity index is -0.00000000750. The van der Waals surface area contributed by atoms with Gasteiger partial charge in [0.1, 0.15) is 0 Å². The van der Waals surface area contributed by atoms with E-state index in [1.54, 1.807) is 0 Å². The van der Waals surface area contributed by atoms with E-state index in [1.807, 2.05) is 0 Å². The van der Waals surface area contributed by atoms with Crippen LogP contribution in [0.3, 0.4) is 0 Å². The molecule has 47 valence electrons. The van der Waals surface area contributed by atoms with Gasteiger partial charge in [0.15, 0.2) is 0 Å². The Morgan fingerprint density at radius 3 is 1.12 bits per heavy atom. The maximum Gasteiger partial charge on any atom is 2.00 e. The molecule has 0 fully saturated rings. The van der Waals surface area contributed by atoms with Crippen molar-refractivity contribution < 1.29 is 84.4 Å². The van der Waals surface area contributed by atoms with Crippen molar-refractivity contribution in [2.45, 2.75) is 0 Å². The molecule has 0 aromatic carbocycles. The minimum absolute atomic E-state index is 0. The molecule has 0 atom stereocenters. The van der Waals surface area contributed by atoms with Crippen LogP contribution in [0.15, 0.2) is 0 Å². The third kappa shape index (κ3) is 83.4. The molecule has 0 bridgehead atoms. The van der Waals surface area contributed by atoms with Crippen LogP contribution < -0.4 is 28.6 Å². The largest absolute Gasteiger partial charge is 2.00 e. The van der Waals surface area contributed by atoms with Crippen LogP contribution >= 0.6 is 8.25 Å². The van der Waals surface area contributed by atoms with Gasteiger partial charge in [-0.1, -0.05) is 8.25 Å². The normalized spacial score (nSPS) is 4.38. The molecule has 0 N–H and O–H groups in total. The Kier molecular flexibility index (Phi) is 90.4. The molecule has 8 heteroatoms. The summed E-state index contributed by atoms with van der Waals surface area (Å²) < 4.78 is 8.52. The minimum Gasteiger partial charge on any atom is -0.813 e. The van der Waals surface area contributed by atoms with E-state index in [0.717, 1.165) is 0 Å². The molecule has 0 heterocycles. The molecule has 8 heavy (non-hydrogen) atoms. The number of hydrogen-bond donors (Lipinski definition) is 0. The molecule has 0 aromatic heterocycles. The van der Waals surface area contributed by atoms with E-state index in [4.69, 9.17) is 14.4 Å². The van der Waals surface area contributed by atoms with Crippen molar-refractivity contribution in [2.24, 2.45) is 0 Å². The van der Waals surface area contributed by atoms with Gasteiger partial charge in [0.05, 0.1) is 0 Å². The third-order valence-corrected chi connectivity index (χ3v) is 0. The molecular weight excluding hydrogens is 253 g/mol. The van der Waals surface area contributed by atoms with Crippen molar-refractivity contribution >= 4 is 8.25 Å². The van der Waals surface area contributed by atoms with Crippen LogP contribution in [0.1, 0.15) is 0 Å². The average Bonchev–Trinajstić information content (AvgIpc) is 0.811. The monoisotopic (exact) mass is 254 g/mol. The second kappa shape index (κ2) is 22.8. The molecule has 0 aliphatic heterocycles. The van der Waals surface area contributed by atoms with Crippen LogP contribution in [0, 0.1) is 0 Å². The molecule has 0 spiro atoms. The summed E-state index contributed by atoms with van der Waals surface area (Å²) in [6, 6.07) is 0. The summed E-state index contributed by atoms with van der Waals surface area (Å²) in [5.74, 6) is 0. The number of hydrogen-bond acceptors (Lipinski definition) is 3. The van der Waals surface area contributed by atoms with E-state index in [1.165, 1.54) is 0 Å². The van der Waals surface area contributed by atoms with Gasteiger partial charge in [0, 0.05) is 34.1 Å². The zero-order valence-corrected chi connectivity index (χ0v) is 8.20. The van der Waals surface area contributed by atoms with Crippen molar-refractivity contribution in [3.63, 3.8) is 0 Å². The van der Waals surface area contributed by atoms with Crippen LogP contribution in [0.5, 0.6) is 0 Å². The summed E-state index contributed by atoms with van der Waals surface area (Å²) in [4.78, 5) is 17.0. The first kappa shape index (κ1) is 31.7. The van der Waals surface area contributed by atoms with Crippen molar-refractivity contribution in [3.8, 4) is 0 Å². The Labute approximate surface area is 91.9 Å². The average molecular weight is 254 g/mol. The van der Waals surface area contributed by atoms with E-state index in [-0.39, 0.29) is 70.1 Å². The standard InChI is InChI=1S/2Fe.Li.Mn.H3O3P/c;;;;1-4(2)3/h;;;;4H,(H2,1,2,3)/q;;+1;+2;/p-2. The van der Waals surface area contributed by atoms with Crippen LogP contribution in [-0.4, -0.2) is 0 Å². The second-order valence-electron chi connectivity index (χ2n) is 0.250. The molecule has 0 rings (SSSR count). The fourth-order valence-corrected chi connectivity index (χ4v) is 0. The predicted octanol–water partition coefficient (Wildman–Crippen LogP) is -4.91. The summed E-state index contributed by atoms with van der Waals surface area (Å²) in [6.07, 6.45) is 0. The van der Waals surface area contributed by atoms with Gasteiger partial charge in [-0.25, -0.2) is 0 Å². The summed E-state index contributed by atoms with van der Waals surface area (Å²) in [7, 11) is -3.63. The maximum absolute atomic E-state index is 8.52. The van der Waals surface area contributed by atoms with Crippen molar-refractivity contribution in [3.05, 3.63) is 0 Å². The van der Waals surface area contributed by atoms with Gasteiger partial charge in [-0.3, -0.25) is 0 Å². The quantitative estimate of drug-likeness (QED) is 0.321. The van der Waals surface area contributed by atoms with Gasteiger partial charge >= 0.3 is 35.9 Å². The second-order valence-corrected chi connectivity index (χ2v) is 0.750. The topological polar surface area (TPSA) is 63.2 Å². The van der Waals surface area contributed by atoms with E-state index in [0.29, 0.717) is 0 Å². The Morgan fingerprint density at radius 1 is 1.12 bits per heavy atom. The smallest absolute Gasteiger partial charge is 0.813 e. The Hall–Kier alpha value is 2.31. The van der Waals surface area contributed by atoms with Gasteiger partial charge in [0.25, 0.3) is 0 Å². The van der Waals surface area contributed by atoms with Gasteiger partial charge in [-0.2, -0.15) is 0 Å². The molecule has 0 amide bonds. The number of rotatable bonds is 0.